The maximum atomic E-state index is 6.48. The van der Waals surface area contributed by atoms with Gasteiger partial charge in [-0.15, -0.1) is 0 Å². The molecule has 6 heteroatoms. The van der Waals surface area contributed by atoms with Crippen molar-refractivity contribution < 1.29 is 0 Å². The minimum atomic E-state index is -0.214. The summed E-state index contributed by atoms with van der Waals surface area (Å²) in [5.74, 6) is 0.516. The Balaban J connectivity index is 1.64. The van der Waals surface area contributed by atoms with Crippen molar-refractivity contribution in [3.8, 4) is 22.3 Å². The minimum Gasteiger partial charge on any atom is -0.383 e. The molecule has 0 radical (unpaired) electrons. The summed E-state index contributed by atoms with van der Waals surface area (Å²) in [6, 6.07) is 15.8. The zero-order valence-electron chi connectivity index (χ0n) is 15.3. The van der Waals surface area contributed by atoms with E-state index in [0.717, 1.165) is 38.9 Å². The monoisotopic (exact) mass is 397 g/mol. The van der Waals surface area contributed by atoms with Gasteiger partial charge in [-0.25, -0.2) is 9.97 Å². The molecular formula is C23H16ClN5. The third-order valence-electron chi connectivity index (χ3n) is 5.04. The van der Waals surface area contributed by atoms with Gasteiger partial charge in [-0.05, 0) is 58.1 Å². The average molecular weight is 398 g/mol. The summed E-state index contributed by atoms with van der Waals surface area (Å²) in [7, 11) is 0. The summed E-state index contributed by atoms with van der Waals surface area (Å²) < 4.78 is 0. The van der Waals surface area contributed by atoms with Crippen LogP contribution in [0.5, 0.6) is 0 Å². The van der Waals surface area contributed by atoms with Gasteiger partial charge < -0.3 is 5.73 Å². The lowest BCUT2D eigenvalue weighted by Crippen LogP contribution is -2.12. The Morgan fingerprint density at radius 3 is 2.41 bits per heavy atom. The molecule has 1 aliphatic heterocycles. The van der Waals surface area contributed by atoms with E-state index in [2.05, 4.69) is 27.1 Å². The van der Waals surface area contributed by atoms with Gasteiger partial charge in [0.1, 0.15) is 18.2 Å². The normalized spacial score (nSPS) is 15.1. The third kappa shape index (κ3) is 3.15. The lowest BCUT2D eigenvalue weighted by molar-refractivity contribution is 0.896. The molecule has 1 atom stereocenters. The first-order valence-corrected chi connectivity index (χ1v) is 9.51. The molecule has 2 N–H and O–H groups in total. The standard InChI is InChI=1S/C23H16ClN5/c24-18-9-19(14-4-6-26-7-5-14)21-20(10-18)22(29-23(21)25)16-3-1-2-15(8-16)17-11-27-13-28-12-17/h1-13,22H,(H2,25,29). The molecule has 2 aromatic carbocycles. The SMILES string of the molecule is NC1=NC(c2cccc(-c3cncnc3)c2)c2cc(Cl)cc(-c3ccncc3)c21. The highest BCUT2D eigenvalue weighted by atomic mass is 35.5. The number of aliphatic imine (C=N–C) groups is 1. The van der Waals surface area contributed by atoms with Crippen LogP contribution in [0.25, 0.3) is 22.3 Å². The van der Waals surface area contributed by atoms with Crippen molar-refractivity contribution >= 4 is 17.4 Å². The van der Waals surface area contributed by atoms with Crippen LogP contribution in [0.1, 0.15) is 22.7 Å². The van der Waals surface area contributed by atoms with Crippen LogP contribution >= 0.6 is 11.6 Å². The van der Waals surface area contributed by atoms with Gasteiger partial charge in [-0.3, -0.25) is 9.98 Å². The highest BCUT2D eigenvalue weighted by Crippen LogP contribution is 2.41. The highest BCUT2D eigenvalue weighted by molar-refractivity contribution is 6.31. The van der Waals surface area contributed by atoms with E-state index in [9.17, 15) is 0 Å². The molecule has 0 amide bonds. The topological polar surface area (TPSA) is 77.0 Å². The summed E-state index contributed by atoms with van der Waals surface area (Å²) in [5.41, 5.74) is 13.3. The lowest BCUT2D eigenvalue weighted by atomic mass is 9.91. The second-order valence-corrected chi connectivity index (χ2v) is 7.26. The van der Waals surface area contributed by atoms with Gasteiger partial charge in [0.05, 0.1) is 0 Å². The van der Waals surface area contributed by atoms with E-state index < -0.39 is 0 Å². The number of fused-ring (bicyclic) bond motifs is 1. The zero-order chi connectivity index (χ0) is 19.8. The Kier molecular flexibility index (Phi) is 4.30. The second-order valence-electron chi connectivity index (χ2n) is 6.82. The van der Waals surface area contributed by atoms with Crippen LogP contribution in [0, 0.1) is 0 Å². The summed E-state index contributed by atoms with van der Waals surface area (Å²) in [6.07, 6.45) is 8.63. The van der Waals surface area contributed by atoms with Crippen molar-refractivity contribution in [2.45, 2.75) is 6.04 Å². The number of halogens is 1. The van der Waals surface area contributed by atoms with Gasteiger partial charge >= 0.3 is 0 Å². The van der Waals surface area contributed by atoms with Crippen molar-refractivity contribution in [3.63, 3.8) is 0 Å². The summed E-state index contributed by atoms with van der Waals surface area (Å²) in [5, 5.41) is 0.651. The Labute approximate surface area is 173 Å². The number of hydrogen-bond acceptors (Lipinski definition) is 5. The number of nitrogens with zero attached hydrogens (tertiary/aromatic N) is 4. The molecule has 0 fully saturated rings. The number of pyridine rings is 1. The van der Waals surface area contributed by atoms with Crippen LogP contribution in [-0.2, 0) is 0 Å². The molecule has 1 aliphatic rings. The highest BCUT2D eigenvalue weighted by Gasteiger charge is 2.28. The molecule has 140 valence electrons. The number of hydrogen-bond donors (Lipinski definition) is 1. The molecule has 2 aromatic heterocycles. The van der Waals surface area contributed by atoms with Gasteiger partial charge in [0.15, 0.2) is 0 Å². The van der Waals surface area contributed by atoms with Gasteiger partial charge in [0.25, 0.3) is 0 Å². The molecule has 4 aromatic rings. The lowest BCUT2D eigenvalue weighted by Gasteiger charge is -2.14. The number of aromatic nitrogens is 3. The zero-order valence-corrected chi connectivity index (χ0v) is 16.1. The van der Waals surface area contributed by atoms with E-state index >= 15 is 0 Å². The Hall–Kier alpha value is -3.57. The largest absolute Gasteiger partial charge is 0.383 e. The molecule has 0 bridgehead atoms. The average Bonchev–Trinajstić information content (AvgIpc) is 3.11. The summed E-state index contributed by atoms with van der Waals surface area (Å²) >= 11 is 6.48. The number of amidine groups is 1. The van der Waals surface area contributed by atoms with Gasteiger partial charge in [0.2, 0.25) is 0 Å². The van der Waals surface area contributed by atoms with Crippen molar-refractivity contribution in [2.75, 3.05) is 0 Å². The smallest absolute Gasteiger partial charge is 0.127 e. The molecule has 1 unspecified atom stereocenters. The van der Waals surface area contributed by atoms with Crippen LogP contribution < -0.4 is 5.73 Å². The van der Waals surface area contributed by atoms with Crippen LogP contribution in [0.4, 0.5) is 0 Å². The molecular weight excluding hydrogens is 382 g/mol. The van der Waals surface area contributed by atoms with Crippen molar-refractivity contribution in [1.82, 2.24) is 15.0 Å². The van der Waals surface area contributed by atoms with E-state index in [1.54, 1.807) is 24.8 Å². The Bertz CT molecular complexity index is 1220. The van der Waals surface area contributed by atoms with E-state index in [1.807, 2.05) is 36.4 Å². The molecule has 5 rings (SSSR count). The van der Waals surface area contributed by atoms with E-state index in [4.69, 9.17) is 22.3 Å². The third-order valence-corrected chi connectivity index (χ3v) is 5.26. The quantitative estimate of drug-likeness (QED) is 0.545. The van der Waals surface area contributed by atoms with E-state index in [1.165, 1.54) is 6.33 Å². The molecule has 0 aliphatic carbocycles. The molecule has 0 saturated carbocycles. The number of benzene rings is 2. The maximum Gasteiger partial charge on any atom is 0.127 e. The van der Waals surface area contributed by atoms with Crippen molar-refractivity contribution in [3.05, 3.63) is 101 Å². The van der Waals surface area contributed by atoms with Gasteiger partial charge in [0, 0.05) is 40.9 Å². The number of nitrogens with two attached hydrogens (primary N) is 1. The Morgan fingerprint density at radius 1 is 0.828 bits per heavy atom. The van der Waals surface area contributed by atoms with Crippen LogP contribution in [-0.4, -0.2) is 20.8 Å². The molecule has 29 heavy (non-hydrogen) atoms. The van der Waals surface area contributed by atoms with Crippen molar-refractivity contribution in [1.29, 1.82) is 0 Å². The second kappa shape index (κ2) is 7.11. The first kappa shape index (κ1) is 17.5. The fraction of sp³-hybridized carbons (Fsp3) is 0.0435. The fourth-order valence-corrected chi connectivity index (χ4v) is 3.98. The maximum absolute atomic E-state index is 6.48. The number of rotatable bonds is 3. The molecule has 5 nitrogen and oxygen atoms in total. The van der Waals surface area contributed by atoms with Gasteiger partial charge in [-0.1, -0.05) is 29.8 Å². The van der Waals surface area contributed by atoms with Gasteiger partial charge in [-0.2, -0.15) is 0 Å². The predicted molar refractivity (Wildman–Crippen MR) is 115 cm³/mol. The predicted octanol–water partition coefficient (Wildman–Crippen LogP) is 4.67. The first-order chi connectivity index (χ1) is 14.2. The summed E-state index contributed by atoms with van der Waals surface area (Å²) in [6.45, 7) is 0. The Morgan fingerprint density at radius 2 is 1.62 bits per heavy atom. The van der Waals surface area contributed by atoms with E-state index in [0.29, 0.717) is 10.9 Å². The molecule has 0 saturated heterocycles. The molecule has 0 spiro atoms. The minimum absolute atomic E-state index is 0.214. The fourth-order valence-electron chi connectivity index (χ4n) is 3.75. The molecule has 3 heterocycles. The van der Waals surface area contributed by atoms with Crippen LogP contribution in [0.2, 0.25) is 5.02 Å². The summed E-state index contributed by atoms with van der Waals surface area (Å²) in [4.78, 5) is 17.1. The van der Waals surface area contributed by atoms with Crippen LogP contribution in [0.3, 0.4) is 0 Å². The van der Waals surface area contributed by atoms with Crippen molar-refractivity contribution in [2.24, 2.45) is 10.7 Å². The van der Waals surface area contributed by atoms with Crippen LogP contribution in [0.15, 0.2) is 84.6 Å². The van der Waals surface area contributed by atoms with E-state index in [-0.39, 0.29) is 6.04 Å². The first-order valence-electron chi connectivity index (χ1n) is 9.13.